The fourth-order valence-electron chi connectivity index (χ4n) is 15.4. The van der Waals surface area contributed by atoms with Crippen LogP contribution >= 0.6 is 0 Å². The van der Waals surface area contributed by atoms with Crippen molar-refractivity contribution in [3.05, 3.63) is 300 Å². The molecule has 2 atom stereocenters. The van der Waals surface area contributed by atoms with E-state index in [4.69, 9.17) is 0 Å². The van der Waals surface area contributed by atoms with E-state index in [1.807, 2.05) is 0 Å². The molecule has 0 heterocycles. The van der Waals surface area contributed by atoms with Gasteiger partial charge in [-0.2, -0.15) is 0 Å². The second-order valence-electron chi connectivity index (χ2n) is 24.8. The Balaban J connectivity index is 0.928. The largest absolute Gasteiger partial charge is 0.310 e. The van der Waals surface area contributed by atoms with Crippen molar-refractivity contribution in [1.29, 1.82) is 0 Å². The standard InChI is InChI=1S/C81H70N2/c1-81(2)77-37-20-19-36-71(77)76-52-68(42-43-78(76)81)83(67-32-13-6-14-33-67)80-51-64-49-62-27-16-18-35-70(62)73-54-75(60-40-38-55(39-41-60)44-58-46-56-22-21-23-57(45-56)47-58)79(82(65-28-9-4-10-29-65)66-30-11-5-12-31-66)50-63(73)48-61-26-15-17-34-69(61)72(64)53-74(80)59-24-7-3-8-25-59/h3-20,24-43,50-54,56-58H,21-23,44-49H2,1-2H3. The Bertz CT molecular complexity index is 4110. The highest BCUT2D eigenvalue weighted by Crippen LogP contribution is 2.53. The molecule has 2 bridgehead atoms. The van der Waals surface area contributed by atoms with Crippen molar-refractivity contribution < 1.29 is 0 Å². The van der Waals surface area contributed by atoms with Crippen molar-refractivity contribution in [2.45, 2.75) is 77.0 Å². The fraction of sp³-hybridized carbons (Fsp3) is 0.185. The first kappa shape index (κ1) is 50.9. The van der Waals surface area contributed by atoms with Crippen LogP contribution in [0.5, 0.6) is 0 Å². The van der Waals surface area contributed by atoms with Crippen LogP contribution in [-0.2, 0) is 24.7 Å². The first-order chi connectivity index (χ1) is 40.9. The number of benzene rings is 11. The maximum absolute atomic E-state index is 2.55. The van der Waals surface area contributed by atoms with E-state index in [1.54, 1.807) is 0 Å². The molecule has 11 aromatic rings. The monoisotopic (exact) mass is 1070 g/mol. The highest BCUT2D eigenvalue weighted by molar-refractivity contribution is 5.96. The Labute approximate surface area is 491 Å². The van der Waals surface area contributed by atoms with Crippen molar-refractivity contribution in [1.82, 2.24) is 0 Å². The predicted octanol–water partition coefficient (Wildman–Crippen LogP) is 21.9. The normalized spacial score (nSPS) is 17.2. The van der Waals surface area contributed by atoms with Gasteiger partial charge in [0.2, 0.25) is 0 Å². The molecule has 15 rings (SSSR count). The second-order valence-corrected chi connectivity index (χ2v) is 24.8. The van der Waals surface area contributed by atoms with Gasteiger partial charge in [-0.05, 0) is 213 Å². The van der Waals surface area contributed by atoms with Gasteiger partial charge in [-0.3, -0.25) is 0 Å². The number of rotatable bonds is 10. The Kier molecular flexibility index (Phi) is 13.1. The number of nitrogens with zero attached hydrogens (tertiary/aromatic N) is 2. The van der Waals surface area contributed by atoms with Crippen molar-refractivity contribution in [2.75, 3.05) is 9.80 Å². The molecule has 404 valence electrons. The minimum Gasteiger partial charge on any atom is -0.310 e. The quantitative estimate of drug-likeness (QED) is 0.135. The summed E-state index contributed by atoms with van der Waals surface area (Å²) >= 11 is 0. The molecule has 0 aromatic heterocycles. The molecular weight excluding hydrogens is 1000 g/mol. The Morgan fingerprint density at radius 1 is 0.337 bits per heavy atom. The summed E-state index contributed by atoms with van der Waals surface area (Å²) in [5.41, 5.74) is 28.8. The molecule has 0 radical (unpaired) electrons. The molecule has 4 aliphatic rings. The fourth-order valence-corrected chi connectivity index (χ4v) is 15.4. The Morgan fingerprint density at radius 2 is 0.783 bits per heavy atom. The van der Waals surface area contributed by atoms with Crippen molar-refractivity contribution in [3.8, 4) is 55.6 Å². The van der Waals surface area contributed by atoms with Gasteiger partial charge < -0.3 is 9.80 Å². The summed E-state index contributed by atoms with van der Waals surface area (Å²) in [7, 11) is 0. The van der Waals surface area contributed by atoms with E-state index >= 15 is 0 Å². The van der Waals surface area contributed by atoms with E-state index in [-0.39, 0.29) is 5.41 Å². The van der Waals surface area contributed by atoms with Gasteiger partial charge in [0.1, 0.15) is 0 Å². The van der Waals surface area contributed by atoms with Crippen LogP contribution in [0.25, 0.3) is 55.6 Å². The first-order valence-corrected chi connectivity index (χ1v) is 30.5. The average molecular weight is 1070 g/mol. The van der Waals surface area contributed by atoms with Crippen molar-refractivity contribution in [2.24, 2.45) is 17.8 Å². The molecule has 0 saturated heterocycles. The van der Waals surface area contributed by atoms with Crippen LogP contribution in [-0.4, -0.2) is 0 Å². The Hall–Kier alpha value is -8.98. The summed E-state index contributed by atoms with van der Waals surface area (Å²) in [6.07, 6.45) is 11.2. The van der Waals surface area contributed by atoms with Gasteiger partial charge in [0.25, 0.3) is 0 Å². The molecule has 2 nitrogen and oxygen atoms in total. The third-order valence-corrected chi connectivity index (χ3v) is 19.3. The summed E-state index contributed by atoms with van der Waals surface area (Å²) in [5.74, 6) is 2.64. The summed E-state index contributed by atoms with van der Waals surface area (Å²) < 4.78 is 0. The number of hydrogen-bond donors (Lipinski definition) is 0. The number of para-hydroxylation sites is 3. The maximum atomic E-state index is 2.55. The van der Waals surface area contributed by atoms with Gasteiger partial charge in [-0.1, -0.05) is 221 Å². The third kappa shape index (κ3) is 9.49. The van der Waals surface area contributed by atoms with Gasteiger partial charge >= 0.3 is 0 Å². The van der Waals surface area contributed by atoms with E-state index in [2.05, 4.69) is 285 Å². The highest BCUT2D eigenvalue weighted by atomic mass is 15.2. The summed E-state index contributed by atoms with van der Waals surface area (Å²) in [5, 5.41) is 0. The van der Waals surface area contributed by atoms with E-state index in [0.29, 0.717) is 0 Å². The summed E-state index contributed by atoms with van der Waals surface area (Å²) in [4.78, 5) is 5.01. The maximum Gasteiger partial charge on any atom is 0.0543 e. The molecule has 0 aliphatic heterocycles. The van der Waals surface area contributed by atoms with Gasteiger partial charge in [-0.25, -0.2) is 0 Å². The molecule has 83 heavy (non-hydrogen) atoms. The zero-order valence-electron chi connectivity index (χ0n) is 47.8. The highest BCUT2D eigenvalue weighted by Gasteiger charge is 2.37. The number of hydrogen-bond acceptors (Lipinski definition) is 2. The smallest absolute Gasteiger partial charge is 0.0543 e. The van der Waals surface area contributed by atoms with Crippen LogP contribution in [0, 0.1) is 17.8 Å². The molecule has 0 amide bonds. The Morgan fingerprint density at radius 3 is 1.33 bits per heavy atom. The molecular formula is C81H70N2. The molecule has 0 spiro atoms. The summed E-state index contributed by atoms with van der Waals surface area (Å²) in [6, 6.07) is 98.7. The lowest BCUT2D eigenvalue weighted by atomic mass is 9.67. The van der Waals surface area contributed by atoms with E-state index < -0.39 is 0 Å². The van der Waals surface area contributed by atoms with Gasteiger partial charge in [0.05, 0.1) is 11.4 Å². The average Bonchev–Trinajstić information content (AvgIpc) is 3.36. The number of fused-ring (bicyclic) bond motifs is 11. The van der Waals surface area contributed by atoms with Crippen LogP contribution in [0.15, 0.2) is 261 Å². The van der Waals surface area contributed by atoms with Crippen molar-refractivity contribution in [3.63, 3.8) is 0 Å². The SMILES string of the molecule is CC1(C)c2ccccc2-c2cc(N(c3ccccc3)c3cc4c(cc3-c3ccccc3)-c3ccccc3Cc3cc(N(c5ccccc5)c5ccccc5)c(-c5ccc(CC6CC7CCCC(C7)C6)cc5)cc3-c3ccccc3C4)ccc21. The van der Waals surface area contributed by atoms with E-state index in [9.17, 15) is 0 Å². The predicted molar refractivity (Wildman–Crippen MR) is 349 cm³/mol. The van der Waals surface area contributed by atoms with Crippen molar-refractivity contribution >= 4 is 34.1 Å². The summed E-state index contributed by atoms with van der Waals surface area (Å²) in [6.45, 7) is 4.74. The van der Waals surface area contributed by atoms with E-state index in [0.717, 1.165) is 59.0 Å². The lowest BCUT2D eigenvalue weighted by Gasteiger charge is -2.39. The van der Waals surface area contributed by atoms with Crippen LogP contribution in [0.3, 0.4) is 0 Å². The lowest BCUT2D eigenvalue weighted by Crippen LogP contribution is -2.27. The zero-order chi connectivity index (χ0) is 55.4. The third-order valence-electron chi connectivity index (χ3n) is 19.3. The van der Waals surface area contributed by atoms with Gasteiger partial charge in [0.15, 0.2) is 0 Å². The van der Waals surface area contributed by atoms with Crippen LogP contribution in [0.2, 0.25) is 0 Å². The molecule has 2 unspecified atom stereocenters. The molecule has 0 N–H and O–H groups in total. The number of anilines is 6. The van der Waals surface area contributed by atoms with E-state index in [1.165, 1.54) is 145 Å². The first-order valence-electron chi connectivity index (χ1n) is 30.5. The van der Waals surface area contributed by atoms with Gasteiger partial charge in [0, 0.05) is 39.3 Å². The molecule has 2 fully saturated rings. The van der Waals surface area contributed by atoms with Gasteiger partial charge in [-0.15, -0.1) is 0 Å². The molecule has 4 aliphatic carbocycles. The molecule has 11 aromatic carbocycles. The minimum atomic E-state index is -0.0972. The topological polar surface area (TPSA) is 6.48 Å². The second kappa shape index (κ2) is 21.4. The van der Waals surface area contributed by atoms with Crippen LogP contribution < -0.4 is 9.80 Å². The zero-order valence-corrected chi connectivity index (χ0v) is 47.8. The van der Waals surface area contributed by atoms with Crippen LogP contribution in [0.4, 0.5) is 34.1 Å². The molecule has 2 heteroatoms. The van der Waals surface area contributed by atoms with Crippen LogP contribution in [0.1, 0.15) is 91.3 Å². The molecule has 2 saturated carbocycles. The lowest BCUT2D eigenvalue weighted by molar-refractivity contribution is 0.137. The minimum absolute atomic E-state index is 0.0972.